The molecule has 0 aromatic heterocycles. The predicted molar refractivity (Wildman–Crippen MR) is 31.7 cm³/mol. The summed E-state index contributed by atoms with van der Waals surface area (Å²) in [4.78, 5) is 4.34. The van der Waals surface area contributed by atoms with Crippen LogP contribution < -0.4 is 5.73 Å². The van der Waals surface area contributed by atoms with Crippen molar-refractivity contribution in [3.63, 3.8) is 0 Å². The van der Waals surface area contributed by atoms with Crippen LogP contribution in [0.25, 0.3) is 0 Å². The number of rotatable bonds is 3. The fraction of sp³-hybridized carbons (Fsp3) is 0. The van der Waals surface area contributed by atoms with E-state index in [1.807, 2.05) is 0 Å². The van der Waals surface area contributed by atoms with Crippen LogP contribution in [0.3, 0.4) is 0 Å². The Hall–Kier alpha value is -1.32. The van der Waals surface area contributed by atoms with Crippen LogP contribution in [0.15, 0.2) is 17.6 Å². The number of oxime groups is 1. The fourth-order valence-electron chi connectivity index (χ4n) is 0.136. The molecule has 0 aliphatic carbocycles. The third-order valence-electron chi connectivity index (χ3n) is 0.336. The molecule has 44 valence electrons. The Labute approximate surface area is 47.1 Å². The molecule has 3 N–H and O–H groups in total. The van der Waals surface area contributed by atoms with Crippen molar-refractivity contribution in [3.05, 3.63) is 12.5 Å². The minimum Gasteiger partial charge on any atom is -0.402 e. The van der Waals surface area contributed by atoms with Crippen molar-refractivity contribution in [2.75, 3.05) is 0 Å². The zero-order chi connectivity index (χ0) is 6.24. The molecule has 0 amide bonds. The SMILES string of the molecule is N=C/C=N\O/C=C/N. The second-order valence-corrected chi connectivity index (χ2v) is 0.855. The molecule has 0 aliphatic heterocycles. The first-order chi connectivity index (χ1) is 3.91. The minimum absolute atomic E-state index is 1.00. The van der Waals surface area contributed by atoms with Gasteiger partial charge in [0, 0.05) is 12.4 Å². The summed E-state index contributed by atoms with van der Waals surface area (Å²) in [6.07, 6.45) is 4.62. The van der Waals surface area contributed by atoms with Crippen LogP contribution in [-0.4, -0.2) is 12.4 Å². The van der Waals surface area contributed by atoms with Crippen molar-refractivity contribution in [1.82, 2.24) is 0 Å². The molecule has 0 saturated heterocycles. The molecule has 8 heavy (non-hydrogen) atoms. The summed E-state index contributed by atoms with van der Waals surface area (Å²) in [6, 6.07) is 0. The second-order valence-electron chi connectivity index (χ2n) is 0.855. The van der Waals surface area contributed by atoms with Gasteiger partial charge in [0.15, 0.2) is 0 Å². The van der Waals surface area contributed by atoms with Crippen molar-refractivity contribution in [2.45, 2.75) is 0 Å². The van der Waals surface area contributed by atoms with Gasteiger partial charge in [-0.15, -0.1) is 0 Å². The molecule has 0 heterocycles. The van der Waals surface area contributed by atoms with E-state index in [-0.39, 0.29) is 0 Å². The van der Waals surface area contributed by atoms with E-state index in [0.717, 1.165) is 6.21 Å². The van der Waals surface area contributed by atoms with Crippen LogP contribution in [-0.2, 0) is 4.84 Å². The predicted octanol–water partition coefficient (Wildman–Crippen LogP) is 0.0683. The molecule has 4 heteroatoms. The zero-order valence-electron chi connectivity index (χ0n) is 4.24. The number of nitrogens with two attached hydrogens (primary N) is 1. The zero-order valence-corrected chi connectivity index (χ0v) is 4.24. The minimum atomic E-state index is 1.00. The van der Waals surface area contributed by atoms with Gasteiger partial charge in [0.25, 0.3) is 0 Å². The number of nitrogens with zero attached hydrogens (tertiary/aromatic N) is 1. The Kier molecular flexibility index (Phi) is 4.74. The second kappa shape index (κ2) is 5.68. The summed E-state index contributed by atoms with van der Waals surface area (Å²) in [5.41, 5.74) is 4.87. The number of hydrogen-bond donors (Lipinski definition) is 2. The van der Waals surface area contributed by atoms with E-state index in [0.29, 0.717) is 0 Å². The Morgan fingerprint density at radius 3 is 2.88 bits per heavy atom. The van der Waals surface area contributed by atoms with Crippen molar-refractivity contribution >= 4 is 12.4 Å². The first-order valence-corrected chi connectivity index (χ1v) is 1.97. The third kappa shape index (κ3) is 4.68. The lowest BCUT2D eigenvalue weighted by atomic mass is 10.8. The van der Waals surface area contributed by atoms with E-state index in [1.54, 1.807) is 0 Å². The molecule has 0 aromatic rings. The molecular formula is C4H7N3O. The van der Waals surface area contributed by atoms with E-state index in [2.05, 4.69) is 9.99 Å². The monoisotopic (exact) mass is 113 g/mol. The Morgan fingerprint density at radius 1 is 1.62 bits per heavy atom. The molecule has 0 radical (unpaired) electrons. The lowest BCUT2D eigenvalue weighted by Crippen LogP contribution is -1.78. The lowest BCUT2D eigenvalue weighted by Gasteiger charge is -1.80. The molecular weight excluding hydrogens is 106 g/mol. The summed E-state index contributed by atoms with van der Waals surface area (Å²) in [5.74, 6) is 0. The Bertz CT molecular complexity index is 108. The maximum absolute atomic E-state index is 6.43. The highest BCUT2D eigenvalue weighted by Gasteiger charge is 1.61. The summed E-state index contributed by atoms with van der Waals surface area (Å²) >= 11 is 0. The Morgan fingerprint density at radius 2 is 2.38 bits per heavy atom. The van der Waals surface area contributed by atoms with Crippen LogP contribution in [0.2, 0.25) is 0 Å². The standard InChI is InChI=1S/C4H7N3O/c5-1-3-7-8-4-2-6/h1-5H,6H2/b4-2+,5-1?,7-3-. The molecule has 4 nitrogen and oxygen atoms in total. The molecule has 0 aromatic carbocycles. The van der Waals surface area contributed by atoms with Gasteiger partial charge in [0.1, 0.15) is 6.26 Å². The lowest BCUT2D eigenvalue weighted by molar-refractivity contribution is 0.270. The maximum Gasteiger partial charge on any atom is 0.137 e. The first kappa shape index (κ1) is 6.68. The average molecular weight is 113 g/mol. The van der Waals surface area contributed by atoms with Gasteiger partial charge in [-0.25, -0.2) is 0 Å². The van der Waals surface area contributed by atoms with Gasteiger partial charge in [-0.1, -0.05) is 5.16 Å². The highest BCUT2D eigenvalue weighted by atomic mass is 16.6. The first-order valence-electron chi connectivity index (χ1n) is 1.97. The van der Waals surface area contributed by atoms with E-state index in [9.17, 15) is 0 Å². The molecule has 0 saturated carbocycles. The fourth-order valence-corrected chi connectivity index (χ4v) is 0.136. The molecule has 0 aliphatic rings. The van der Waals surface area contributed by atoms with Crippen molar-refractivity contribution < 1.29 is 4.84 Å². The summed E-state index contributed by atoms with van der Waals surface area (Å²) < 4.78 is 0. The molecule has 0 spiro atoms. The quantitative estimate of drug-likeness (QED) is 0.309. The summed E-state index contributed by atoms with van der Waals surface area (Å²) in [6.45, 7) is 0. The third-order valence-corrected chi connectivity index (χ3v) is 0.336. The maximum atomic E-state index is 6.43. The smallest absolute Gasteiger partial charge is 0.137 e. The summed E-state index contributed by atoms with van der Waals surface area (Å²) in [7, 11) is 0. The van der Waals surface area contributed by atoms with Crippen LogP contribution in [0, 0.1) is 5.41 Å². The molecule has 0 fully saturated rings. The van der Waals surface area contributed by atoms with Crippen molar-refractivity contribution in [2.24, 2.45) is 10.9 Å². The number of nitrogens with one attached hydrogen (secondary N) is 1. The highest BCUT2D eigenvalue weighted by molar-refractivity contribution is 6.14. The van der Waals surface area contributed by atoms with E-state index >= 15 is 0 Å². The van der Waals surface area contributed by atoms with Crippen LogP contribution in [0.1, 0.15) is 0 Å². The topological polar surface area (TPSA) is 71.5 Å². The number of hydrogen-bond acceptors (Lipinski definition) is 4. The molecule has 0 rings (SSSR count). The largest absolute Gasteiger partial charge is 0.402 e. The van der Waals surface area contributed by atoms with Gasteiger partial charge < -0.3 is 16.0 Å². The summed E-state index contributed by atoms with van der Waals surface area (Å²) in [5, 5.41) is 9.67. The van der Waals surface area contributed by atoms with E-state index < -0.39 is 0 Å². The molecule has 0 bridgehead atoms. The van der Waals surface area contributed by atoms with Gasteiger partial charge in [-0.05, 0) is 0 Å². The van der Waals surface area contributed by atoms with Crippen molar-refractivity contribution in [1.29, 1.82) is 5.41 Å². The van der Waals surface area contributed by atoms with E-state index in [1.165, 1.54) is 18.7 Å². The van der Waals surface area contributed by atoms with Crippen molar-refractivity contribution in [3.8, 4) is 0 Å². The molecule has 0 unspecified atom stereocenters. The normalized spacial score (nSPS) is 10.5. The Balaban J connectivity index is 3.15. The average Bonchev–Trinajstić information content (AvgIpc) is 1.81. The van der Waals surface area contributed by atoms with Crippen LogP contribution in [0.5, 0.6) is 0 Å². The highest BCUT2D eigenvalue weighted by Crippen LogP contribution is 1.70. The van der Waals surface area contributed by atoms with Gasteiger partial charge >= 0.3 is 0 Å². The van der Waals surface area contributed by atoms with E-state index in [4.69, 9.17) is 11.1 Å². The van der Waals surface area contributed by atoms with Crippen LogP contribution in [0.4, 0.5) is 0 Å². The molecule has 0 atom stereocenters. The van der Waals surface area contributed by atoms with Gasteiger partial charge in [0.05, 0.1) is 6.21 Å². The van der Waals surface area contributed by atoms with Gasteiger partial charge in [0.2, 0.25) is 0 Å². The van der Waals surface area contributed by atoms with Gasteiger partial charge in [-0.2, -0.15) is 0 Å². The van der Waals surface area contributed by atoms with Crippen LogP contribution >= 0.6 is 0 Å². The van der Waals surface area contributed by atoms with Gasteiger partial charge in [-0.3, -0.25) is 0 Å².